The van der Waals surface area contributed by atoms with Gasteiger partial charge < -0.3 is 29.3 Å². The number of benzene rings is 1. The van der Waals surface area contributed by atoms with Crippen LogP contribution < -0.4 is 25.3 Å². The van der Waals surface area contributed by atoms with Crippen LogP contribution in [0.2, 0.25) is 0 Å². The number of carbonyl (C=O) groups excluding carboxylic acids is 2. The molecule has 2 N–H and O–H groups in total. The highest BCUT2D eigenvalue weighted by Crippen LogP contribution is 2.40. The average molecular weight is 566 g/mol. The molecule has 0 bridgehead atoms. The Balaban J connectivity index is 1.18. The number of hydrogen-bond acceptors (Lipinski definition) is 10. The van der Waals surface area contributed by atoms with Crippen molar-refractivity contribution in [2.24, 2.45) is 0 Å². The van der Waals surface area contributed by atoms with Gasteiger partial charge in [0, 0.05) is 44.6 Å². The van der Waals surface area contributed by atoms with Gasteiger partial charge in [0.15, 0.2) is 11.6 Å². The summed E-state index contributed by atoms with van der Waals surface area (Å²) in [5.74, 6) is 1.04. The molecule has 1 atom stereocenters. The summed E-state index contributed by atoms with van der Waals surface area (Å²) in [6, 6.07) is 5.29. The third-order valence-electron chi connectivity index (χ3n) is 8.72. The number of hydrazine groups is 1. The van der Waals surface area contributed by atoms with Gasteiger partial charge in [-0.1, -0.05) is 19.8 Å². The molecule has 2 saturated heterocycles. The lowest BCUT2D eigenvalue weighted by molar-refractivity contribution is -0.187. The summed E-state index contributed by atoms with van der Waals surface area (Å²) in [7, 11) is 3.35. The molecule has 3 aliphatic heterocycles. The average Bonchev–Trinajstić information content (AvgIpc) is 3.69. The zero-order valence-corrected chi connectivity index (χ0v) is 24.0. The van der Waals surface area contributed by atoms with Crippen LogP contribution in [0.15, 0.2) is 24.4 Å². The molecule has 1 aromatic carbocycles. The number of ether oxygens (including phenoxy) is 3. The van der Waals surface area contributed by atoms with E-state index in [0.29, 0.717) is 74.2 Å². The number of likely N-dealkylation sites (N-methyl/N-ethyl adjacent to an activating group) is 1. The van der Waals surface area contributed by atoms with Gasteiger partial charge in [-0.15, -0.1) is 0 Å². The normalized spacial score (nSPS) is 22.7. The number of carbonyl (C=O) groups is 2. The molecule has 3 fully saturated rings. The van der Waals surface area contributed by atoms with Gasteiger partial charge in [-0.05, 0) is 37.5 Å². The van der Waals surface area contributed by atoms with E-state index in [0.717, 1.165) is 31.5 Å². The molecule has 12 nitrogen and oxygen atoms in total. The Kier molecular flexibility index (Phi) is 7.71. The summed E-state index contributed by atoms with van der Waals surface area (Å²) in [4.78, 5) is 39.5. The highest BCUT2D eigenvalue weighted by molar-refractivity contribution is 6.04. The molecular weight excluding hydrogens is 526 g/mol. The monoisotopic (exact) mass is 565 g/mol. The summed E-state index contributed by atoms with van der Waals surface area (Å²) >= 11 is 0. The summed E-state index contributed by atoms with van der Waals surface area (Å²) in [5.41, 5.74) is 4.82. The fourth-order valence-corrected chi connectivity index (χ4v) is 6.45. The van der Waals surface area contributed by atoms with E-state index in [2.05, 4.69) is 20.6 Å². The second-order valence-electron chi connectivity index (χ2n) is 11.1. The zero-order valence-electron chi connectivity index (χ0n) is 24.0. The van der Waals surface area contributed by atoms with Crippen molar-refractivity contribution in [3.63, 3.8) is 0 Å². The molecular formula is C29H39N7O5. The molecule has 4 heterocycles. The van der Waals surface area contributed by atoms with Crippen LogP contribution in [0.5, 0.6) is 5.75 Å². The van der Waals surface area contributed by atoms with Gasteiger partial charge in [0.25, 0.3) is 5.91 Å². The van der Waals surface area contributed by atoms with Crippen LogP contribution in [0, 0.1) is 0 Å². The quantitative estimate of drug-likeness (QED) is 0.518. The predicted molar refractivity (Wildman–Crippen MR) is 153 cm³/mol. The molecule has 0 unspecified atom stereocenters. The number of aromatic nitrogens is 2. The lowest BCUT2D eigenvalue weighted by Crippen LogP contribution is -2.55. The second-order valence-corrected chi connectivity index (χ2v) is 11.1. The van der Waals surface area contributed by atoms with Gasteiger partial charge in [-0.3, -0.25) is 15.0 Å². The first-order valence-corrected chi connectivity index (χ1v) is 14.6. The number of amides is 2. The molecule has 2 amide bonds. The lowest BCUT2D eigenvalue weighted by Gasteiger charge is -2.43. The fraction of sp³-hybridized carbons (Fsp3) is 0.586. The number of nitrogens with zero attached hydrogens (tertiary/aromatic N) is 5. The Labute approximate surface area is 240 Å². The minimum Gasteiger partial charge on any atom is -0.495 e. The summed E-state index contributed by atoms with van der Waals surface area (Å²) in [5, 5.41) is 5.17. The minimum atomic E-state index is -0.493. The topological polar surface area (TPSA) is 121 Å². The maximum absolute atomic E-state index is 13.2. The van der Waals surface area contributed by atoms with Crippen molar-refractivity contribution in [3.05, 3.63) is 30.0 Å². The molecule has 2 aromatic rings. The lowest BCUT2D eigenvalue weighted by atomic mass is 10.0. The number of rotatable bonds is 7. The van der Waals surface area contributed by atoms with Crippen molar-refractivity contribution in [1.29, 1.82) is 0 Å². The first-order chi connectivity index (χ1) is 19.9. The molecule has 1 saturated carbocycles. The largest absolute Gasteiger partial charge is 0.495 e. The van der Waals surface area contributed by atoms with Crippen LogP contribution in [-0.2, 0) is 14.3 Å². The first-order valence-electron chi connectivity index (χ1n) is 14.6. The van der Waals surface area contributed by atoms with E-state index in [9.17, 15) is 9.59 Å². The molecule has 6 rings (SSSR count). The summed E-state index contributed by atoms with van der Waals surface area (Å²) in [6.07, 6.45) is 8.26. The Morgan fingerprint density at radius 3 is 2.59 bits per heavy atom. The van der Waals surface area contributed by atoms with Gasteiger partial charge in [0.1, 0.15) is 17.5 Å². The minimum absolute atomic E-state index is 0.0796. The van der Waals surface area contributed by atoms with Gasteiger partial charge in [0.2, 0.25) is 11.9 Å². The summed E-state index contributed by atoms with van der Waals surface area (Å²) < 4.78 is 17.2. The van der Waals surface area contributed by atoms with E-state index in [1.807, 2.05) is 11.9 Å². The molecule has 12 heteroatoms. The molecule has 1 spiro atoms. The third kappa shape index (κ3) is 5.31. The van der Waals surface area contributed by atoms with Crippen molar-refractivity contribution < 1.29 is 23.8 Å². The van der Waals surface area contributed by atoms with E-state index in [4.69, 9.17) is 19.2 Å². The SMILES string of the molecule is CC[C@@H]1C(=O)N(C)c2cnc(Nc3ccc(C(=O)NN4CCC5(CC4)OCCO5)cc3OC)nc2N1C1CCCC1. The van der Waals surface area contributed by atoms with Gasteiger partial charge in [-0.25, -0.2) is 9.99 Å². The van der Waals surface area contributed by atoms with Gasteiger partial charge >= 0.3 is 0 Å². The number of nitrogens with one attached hydrogen (secondary N) is 2. The second kappa shape index (κ2) is 11.4. The summed E-state index contributed by atoms with van der Waals surface area (Å²) in [6.45, 7) is 4.59. The van der Waals surface area contributed by atoms with Gasteiger partial charge in [0.05, 0.1) is 32.2 Å². The fourth-order valence-electron chi connectivity index (χ4n) is 6.45. The van der Waals surface area contributed by atoms with E-state index in [1.165, 1.54) is 0 Å². The van der Waals surface area contributed by atoms with E-state index >= 15 is 0 Å². The van der Waals surface area contributed by atoms with Crippen LogP contribution >= 0.6 is 0 Å². The standard InChI is InChI=1S/C29H39N7O5/c1-4-22-27(38)34(2)23-18-30-28(32-25(23)36(22)20-7-5-6-8-20)31-21-10-9-19(17-24(21)39-3)26(37)33-35-13-11-29(12-14-35)40-15-16-41-29/h9-10,17-18,20,22H,4-8,11-16H2,1-3H3,(H,33,37)(H,30,31,32)/t22-/m1/s1. The van der Waals surface area contributed by atoms with Crippen molar-refractivity contribution in [1.82, 2.24) is 20.4 Å². The molecule has 4 aliphatic rings. The van der Waals surface area contributed by atoms with Crippen molar-refractivity contribution in [2.75, 3.05) is 55.6 Å². The Morgan fingerprint density at radius 1 is 1.17 bits per heavy atom. The Bertz CT molecular complexity index is 1280. The van der Waals surface area contributed by atoms with Crippen molar-refractivity contribution in [2.45, 2.75) is 69.7 Å². The number of methoxy groups -OCH3 is 1. The number of anilines is 4. The van der Waals surface area contributed by atoms with Crippen LogP contribution in [0.3, 0.4) is 0 Å². The van der Waals surface area contributed by atoms with Crippen LogP contribution in [0.1, 0.15) is 62.2 Å². The van der Waals surface area contributed by atoms with Crippen LogP contribution in [0.25, 0.3) is 0 Å². The van der Waals surface area contributed by atoms with E-state index < -0.39 is 5.79 Å². The maximum Gasteiger partial charge on any atom is 0.265 e. The number of fused-ring (bicyclic) bond motifs is 1. The molecule has 0 radical (unpaired) electrons. The predicted octanol–water partition coefficient (Wildman–Crippen LogP) is 3.22. The number of piperidine rings is 1. The number of hydrogen-bond donors (Lipinski definition) is 2. The highest BCUT2D eigenvalue weighted by Gasteiger charge is 2.42. The van der Waals surface area contributed by atoms with Crippen molar-refractivity contribution >= 4 is 35.0 Å². The third-order valence-corrected chi connectivity index (χ3v) is 8.72. The van der Waals surface area contributed by atoms with E-state index in [1.54, 1.807) is 43.5 Å². The highest BCUT2D eigenvalue weighted by atomic mass is 16.7. The first kappa shape index (κ1) is 27.7. The van der Waals surface area contributed by atoms with Crippen LogP contribution in [-0.4, -0.2) is 85.1 Å². The molecule has 1 aromatic heterocycles. The molecule has 1 aliphatic carbocycles. The van der Waals surface area contributed by atoms with Crippen molar-refractivity contribution in [3.8, 4) is 5.75 Å². The Hall–Kier alpha value is -3.48. The molecule has 220 valence electrons. The Morgan fingerprint density at radius 2 is 1.90 bits per heavy atom. The van der Waals surface area contributed by atoms with Crippen LogP contribution in [0.4, 0.5) is 23.1 Å². The maximum atomic E-state index is 13.2. The van der Waals surface area contributed by atoms with Gasteiger partial charge in [-0.2, -0.15) is 4.98 Å². The zero-order chi connectivity index (χ0) is 28.6. The van der Waals surface area contributed by atoms with E-state index in [-0.39, 0.29) is 23.9 Å². The molecule has 41 heavy (non-hydrogen) atoms. The smallest absolute Gasteiger partial charge is 0.265 e.